The SMILES string of the molecule is CCCNC(c1cc(C)c(C)cc1C)C1CCCOC1. The maximum absolute atomic E-state index is 5.72. The number of rotatable bonds is 5. The van der Waals surface area contributed by atoms with Gasteiger partial charge in [-0.1, -0.05) is 19.1 Å². The molecule has 0 aromatic heterocycles. The molecule has 0 spiro atoms. The molecule has 1 aliphatic rings. The minimum absolute atomic E-state index is 0.439. The average Bonchev–Trinajstić information content (AvgIpc) is 2.45. The second kappa shape index (κ2) is 7.24. The van der Waals surface area contributed by atoms with Crippen LogP contribution in [-0.2, 0) is 4.74 Å². The number of benzene rings is 1. The molecule has 112 valence electrons. The van der Waals surface area contributed by atoms with Gasteiger partial charge in [0.05, 0.1) is 6.61 Å². The number of aryl methyl sites for hydroxylation is 3. The Balaban J connectivity index is 2.27. The molecule has 20 heavy (non-hydrogen) atoms. The van der Waals surface area contributed by atoms with Gasteiger partial charge in [0.2, 0.25) is 0 Å². The Morgan fingerprint density at radius 1 is 1.20 bits per heavy atom. The largest absolute Gasteiger partial charge is 0.381 e. The van der Waals surface area contributed by atoms with Crippen molar-refractivity contribution in [2.75, 3.05) is 19.8 Å². The fourth-order valence-corrected chi connectivity index (χ4v) is 3.18. The molecule has 2 heteroatoms. The summed E-state index contributed by atoms with van der Waals surface area (Å²) < 4.78 is 5.72. The topological polar surface area (TPSA) is 21.3 Å². The predicted octanol–water partition coefficient (Wildman–Crippen LogP) is 4.08. The van der Waals surface area contributed by atoms with Crippen LogP contribution in [-0.4, -0.2) is 19.8 Å². The van der Waals surface area contributed by atoms with E-state index >= 15 is 0 Å². The van der Waals surface area contributed by atoms with Gasteiger partial charge in [0.15, 0.2) is 0 Å². The summed E-state index contributed by atoms with van der Waals surface area (Å²) in [5.74, 6) is 0.608. The van der Waals surface area contributed by atoms with Crippen molar-refractivity contribution in [3.8, 4) is 0 Å². The van der Waals surface area contributed by atoms with Crippen LogP contribution in [0.25, 0.3) is 0 Å². The Hall–Kier alpha value is -0.860. The van der Waals surface area contributed by atoms with Crippen LogP contribution in [0.4, 0.5) is 0 Å². The highest BCUT2D eigenvalue weighted by molar-refractivity contribution is 5.38. The highest BCUT2D eigenvalue weighted by atomic mass is 16.5. The van der Waals surface area contributed by atoms with E-state index in [1.807, 2.05) is 0 Å². The number of hydrogen-bond donors (Lipinski definition) is 1. The Kier molecular flexibility index (Phi) is 5.62. The molecule has 0 radical (unpaired) electrons. The summed E-state index contributed by atoms with van der Waals surface area (Å²) in [6.45, 7) is 11.8. The van der Waals surface area contributed by atoms with Gasteiger partial charge in [-0.15, -0.1) is 0 Å². The lowest BCUT2D eigenvalue weighted by Crippen LogP contribution is -2.34. The number of nitrogens with one attached hydrogen (secondary N) is 1. The van der Waals surface area contributed by atoms with Crippen molar-refractivity contribution in [2.24, 2.45) is 5.92 Å². The molecular formula is C18H29NO. The van der Waals surface area contributed by atoms with E-state index in [1.165, 1.54) is 41.5 Å². The fraction of sp³-hybridized carbons (Fsp3) is 0.667. The first-order valence-corrected chi connectivity index (χ1v) is 8.02. The summed E-state index contributed by atoms with van der Waals surface area (Å²) in [6.07, 6.45) is 3.64. The van der Waals surface area contributed by atoms with Gasteiger partial charge < -0.3 is 10.1 Å². The molecule has 0 bridgehead atoms. The summed E-state index contributed by atoms with van der Waals surface area (Å²) >= 11 is 0. The molecule has 2 rings (SSSR count). The lowest BCUT2D eigenvalue weighted by Gasteiger charge is -2.32. The van der Waals surface area contributed by atoms with Gasteiger partial charge in [-0.3, -0.25) is 0 Å². The van der Waals surface area contributed by atoms with Gasteiger partial charge in [-0.2, -0.15) is 0 Å². The van der Waals surface area contributed by atoms with Gasteiger partial charge in [0.25, 0.3) is 0 Å². The zero-order chi connectivity index (χ0) is 14.5. The van der Waals surface area contributed by atoms with Crippen molar-refractivity contribution in [3.63, 3.8) is 0 Å². The van der Waals surface area contributed by atoms with Crippen LogP contribution in [0.5, 0.6) is 0 Å². The Morgan fingerprint density at radius 2 is 1.95 bits per heavy atom. The van der Waals surface area contributed by atoms with Gasteiger partial charge in [0, 0.05) is 18.6 Å². The third-order valence-electron chi connectivity index (χ3n) is 4.50. The Morgan fingerprint density at radius 3 is 2.60 bits per heavy atom. The number of ether oxygens (including phenoxy) is 1. The zero-order valence-corrected chi connectivity index (χ0v) is 13.5. The summed E-state index contributed by atoms with van der Waals surface area (Å²) in [4.78, 5) is 0. The van der Waals surface area contributed by atoms with Crippen molar-refractivity contribution in [1.29, 1.82) is 0 Å². The molecule has 0 saturated carbocycles. The molecule has 0 aliphatic carbocycles. The minimum Gasteiger partial charge on any atom is -0.381 e. The van der Waals surface area contributed by atoms with E-state index in [4.69, 9.17) is 4.74 Å². The molecule has 2 unspecified atom stereocenters. The van der Waals surface area contributed by atoms with Crippen LogP contribution >= 0.6 is 0 Å². The maximum atomic E-state index is 5.72. The average molecular weight is 275 g/mol. The fourth-order valence-electron chi connectivity index (χ4n) is 3.18. The van der Waals surface area contributed by atoms with Crippen LogP contribution in [0.15, 0.2) is 12.1 Å². The van der Waals surface area contributed by atoms with E-state index in [9.17, 15) is 0 Å². The molecular weight excluding hydrogens is 246 g/mol. The second-order valence-corrected chi connectivity index (χ2v) is 6.20. The van der Waals surface area contributed by atoms with Crippen LogP contribution in [0.2, 0.25) is 0 Å². The first kappa shape index (κ1) is 15.5. The van der Waals surface area contributed by atoms with Crippen LogP contribution < -0.4 is 5.32 Å². The van der Waals surface area contributed by atoms with E-state index < -0.39 is 0 Å². The highest BCUT2D eigenvalue weighted by Gasteiger charge is 2.26. The molecule has 1 aromatic rings. The van der Waals surface area contributed by atoms with Crippen molar-refractivity contribution >= 4 is 0 Å². The molecule has 1 fully saturated rings. The van der Waals surface area contributed by atoms with Crippen molar-refractivity contribution in [3.05, 3.63) is 34.4 Å². The third-order valence-corrected chi connectivity index (χ3v) is 4.50. The molecule has 1 N–H and O–H groups in total. The summed E-state index contributed by atoms with van der Waals surface area (Å²) in [6, 6.07) is 5.15. The van der Waals surface area contributed by atoms with E-state index in [0.717, 1.165) is 19.8 Å². The lowest BCUT2D eigenvalue weighted by molar-refractivity contribution is 0.0389. The van der Waals surface area contributed by atoms with E-state index in [1.54, 1.807) is 0 Å². The molecule has 2 nitrogen and oxygen atoms in total. The molecule has 1 aromatic carbocycles. The standard InChI is InChI=1S/C18H29NO/c1-5-8-19-18(16-7-6-9-20-12-16)17-11-14(3)13(2)10-15(17)4/h10-11,16,18-19H,5-9,12H2,1-4H3. The quantitative estimate of drug-likeness (QED) is 0.874. The van der Waals surface area contributed by atoms with Gasteiger partial charge in [-0.05, 0) is 68.8 Å². The van der Waals surface area contributed by atoms with E-state index in [2.05, 4.69) is 45.1 Å². The predicted molar refractivity (Wildman–Crippen MR) is 85.2 cm³/mol. The third kappa shape index (κ3) is 3.62. The smallest absolute Gasteiger partial charge is 0.0512 e. The van der Waals surface area contributed by atoms with Gasteiger partial charge in [-0.25, -0.2) is 0 Å². The zero-order valence-electron chi connectivity index (χ0n) is 13.5. The molecule has 1 heterocycles. The van der Waals surface area contributed by atoms with Crippen LogP contribution in [0.1, 0.15) is 54.5 Å². The number of hydrogen-bond acceptors (Lipinski definition) is 2. The van der Waals surface area contributed by atoms with Crippen LogP contribution in [0, 0.1) is 26.7 Å². The first-order chi connectivity index (χ1) is 9.63. The first-order valence-electron chi connectivity index (χ1n) is 8.02. The van der Waals surface area contributed by atoms with Crippen LogP contribution in [0.3, 0.4) is 0 Å². The van der Waals surface area contributed by atoms with Gasteiger partial charge >= 0.3 is 0 Å². The maximum Gasteiger partial charge on any atom is 0.0512 e. The molecule has 1 aliphatic heterocycles. The summed E-state index contributed by atoms with van der Waals surface area (Å²) in [5, 5.41) is 3.76. The van der Waals surface area contributed by atoms with Crippen molar-refractivity contribution in [2.45, 2.75) is 53.0 Å². The van der Waals surface area contributed by atoms with Crippen molar-refractivity contribution < 1.29 is 4.74 Å². The summed E-state index contributed by atoms with van der Waals surface area (Å²) in [5.41, 5.74) is 5.66. The van der Waals surface area contributed by atoms with E-state index in [-0.39, 0.29) is 0 Å². The second-order valence-electron chi connectivity index (χ2n) is 6.20. The molecule has 1 saturated heterocycles. The van der Waals surface area contributed by atoms with Crippen molar-refractivity contribution in [1.82, 2.24) is 5.32 Å². The summed E-state index contributed by atoms with van der Waals surface area (Å²) in [7, 11) is 0. The Bertz CT molecular complexity index is 435. The lowest BCUT2D eigenvalue weighted by atomic mass is 9.85. The minimum atomic E-state index is 0.439. The van der Waals surface area contributed by atoms with E-state index in [0.29, 0.717) is 12.0 Å². The monoisotopic (exact) mass is 275 g/mol. The normalized spacial score (nSPS) is 20.9. The molecule has 0 amide bonds. The Labute approximate surface area is 123 Å². The molecule has 2 atom stereocenters. The van der Waals surface area contributed by atoms with Gasteiger partial charge in [0.1, 0.15) is 0 Å². The highest BCUT2D eigenvalue weighted by Crippen LogP contribution is 2.32.